The number of ether oxygens (including phenoxy) is 1. The van der Waals surface area contributed by atoms with E-state index in [0.29, 0.717) is 12.0 Å². The third-order valence-corrected chi connectivity index (χ3v) is 2.45. The van der Waals surface area contributed by atoms with Gasteiger partial charge in [0.25, 0.3) is 0 Å². The zero-order valence-corrected chi connectivity index (χ0v) is 9.45. The topological polar surface area (TPSA) is 29.5 Å². The van der Waals surface area contributed by atoms with Crippen LogP contribution in [0.5, 0.6) is 5.75 Å². The molecule has 0 heterocycles. The molecule has 88 valence electrons. The predicted octanol–water partition coefficient (Wildman–Crippen LogP) is 3.22. The van der Waals surface area contributed by atoms with Crippen LogP contribution in [-0.2, 0) is 0 Å². The molecular formula is C13H17FO2. The Labute approximate surface area is 95.4 Å². The van der Waals surface area contributed by atoms with E-state index in [4.69, 9.17) is 4.74 Å². The van der Waals surface area contributed by atoms with E-state index < -0.39 is 11.9 Å². The molecule has 16 heavy (non-hydrogen) atoms. The second-order valence-corrected chi connectivity index (χ2v) is 3.63. The summed E-state index contributed by atoms with van der Waals surface area (Å²) >= 11 is 0. The third-order valence-electron chi connectivity index (χ3n) is 2.45. The van der Waals surface area contributed by atoms with Crippen LogP contribution in [0, 0.1) is 5.82 Å². The summed E-state index contributed by atoms with van der Waals surface area (Å²) in [6.45, 7) is 3.61. The number of methoxy groups -OCH3 is 1. The highest BCUT2D eigenvalue weighted by Crippen LogP contribution is 2.24. The predicted molar refractivity (Wildman–Crippen MR) is 62.0 cm³/mol. The van der Waals surface area contributed by atoms with Crippen LogP contribution in [0.1, 0.15) is 30.9 Å². The van der Waals surface area contributed by atoms with Gasteiger partial charge in [0.05, 0.1) is 13.2 Å². The molecule has 1 unspecified atom stereocenters. The van der Waals surface area contributed by atoms with E-state index in [9.17, 15) is 9.50 Å². The zero-order valence-electron chi connectivity index (χ0n) is 9.45. The Morgan fingerprint density at radius 2 is 2.31 bits per heavy atom. The molecule has 0 aliphatic heterocycles. The Morgan fingerprint density at radius 3 is 2.88 bits per heavy atom. The van der Waals surface area contributed by atoms with Crippen molar-refractivity contribution in [2.45, 2.75) is 25.4 Å². The van der Waals surface area contributed by atoms with Gasteiger partial charge < -0.3 is 9.84 Å². The maximum atomic E-state index is 13.3. The minimum Gasteiger partial charge on any atom is -0.494 e. The first-order chi connectivity index (χ1) is 7.69. The number of allylic oxidation sites excluding steroid dienone is 1. The van der Waals surface area contributed by atoms with Crippen LogP contribution in [0.3, 0.4) is 0 Å². The highest BCUT2D eigenvalue weighted by Gasteiger charge is 2.10. The molecule has 0 radical (unpaired) electrons. The minimum absolute atomic E-state index is 0.196. The van der Waals surface area contributed by atoms with Crippen molar-refractivity contribution < 1.29 is 14.2 Å². The number of aliphatic hydroxyl groups excluding tert-OH is 1. The summed E-state index contributed by atoms with van der Waals surface area (Å²) in [4.78, 5) is 0. The summed E-state index contributed by atoms with van der Waals surface area (Å²) in [5, 5.41) is 9.79. The van der Waals surface area contributed by atoms with Gasteiger partial charge in [-0.1, -0.05) is 12.1 Å². The number of hydrogen-bond acceptors (Lipinski definition) is 2. The van der Waals surface area contributed by atoms with Crippen molar-refractivity contribution in [1.82, 2.24) is 0 Å². The molecule has 1 rings (SSSR count). The summed E-state index contributed by atoms with van der Waals surface area (Å²) in [6, 6.07) is 4.53. The largest absolute Gasteiger partial charge is 0.494 e. The van der Waals surface area contributed by atoms with Crippen LogP contribution in [0.2, 0.25) is 0 Å². The quantitative estimate of drug-likeness (QED) is 0.594. The molecule has 1 N–H and O–H groups in total. The SMILES string of the molecule is C=CCCCC(O)c1ccc(OC)c(F)c1. The maximum absolute atomic E-state index is 13.3. The summed E-state index contributed by atoms with van der Waals surface area (Å²) in [6.07, 6.45) is 3.49. The molecule has 0 spiro atoms. The number of aliphatic hydroxyl groups is 1. The average Bonchev–Trinajstić information content (AvgIpc) is 2.29. The minimum atomic E-state index is -0.625. The van der Waals surface area contributed by atoms with E-state index >= 15 is 0 Å². The molecule has 2 nitrogen and oxygen atoms in total. The molecule has 0 bridgehead atoms. The van der Waals surface area contributed by atoms with Crippen molar-refractivity contribution in [3.05, 3.63) is 42.2 Å². The highest BCUT2D eigenvalue weighted by molar-refractivity contribution is 5.30. The average molecular weight is 224 g/mol. The summed E-state index contributed by atoms with van der Waals surface area (Å²) < 4.78 is 18.2. The lowest BCUT2D eigenvalue weighted by molar-refractivity contribution is 0.164. The number of benzene rings is 1. The van der Waals surface area contributed by atoms with E-state index in [-0.39, 0.29) is 5.75 Å². The standard InChI is InChI=1S/C13H17FO2/c1-3-4-5-6-12(15)10-7-8-13(16-2)11(14)9-10/h3,7-9,12,15H,1,4-6H2,2H3. The Kier molecular flexibility index (Phi) is 4.99. The monoisotopic (exact) mass is 224 g/mol. The Morgan fingerprint density at radius 1 is 1.56 bits per heavy atom. The smallest absolute Gasteiger partial charge is 0.165 e. The van der Waals surface area contributed by atoms with Crippen LogP contribution in [-0.4, -0.2) is 12.2 Å². The van der Waals surface area contributed by atoms with E-state index in [1.807, 2.05) is 0 Å². The maximum Gasteiger partial charge on any atom is 0.165 e. The van der Waals surface area contributed by atoms with Crippen molar-refractivity contribution in [2.75, 3.05) is 7.11 Å². The molecule has 1 aromatic rings. The van der Waals surface area contributed by atoms with Gasteiger partial charge in [0.2, 0.25) is 0 Å². The fourth-order valence-electron chi connectivity index (χ4n) is 1.51. The van der Waals surface area contributed by atoms with Crippen LogP contribution in [0.15, 0.2) is 30.9 Å². The van der Waals surface area contributed by atoms with E-state index in [0.717, 1.165) is 12.8 Å². The van der Waals surface area contributed by atoms with Gasteiger partial charge in [-0.15, -0.1) is 6.58 Å². The molecule has 0 aromatic heterocycles. The lowest BCUT2D eigenvalue weighted by Crippen LogP contribution is -1.99. The molecular weight excluding hydrogens is 207 g/mol. The number of unbranched alkanes of at least 4 members (excludes halogenated alkanes) is 1. The van der Waals surface area contributed by atoms with E-state index in [2.05, 4.69) is 6.58 Å². The Bertz CT molecular complexity index is 350. The van der Waals surface area contributed by atoms with Crippen molar-refractivity contribution >= 4 is 0 Å². The van der Waals surface area contributed by atoms with Gasteiger partial charge in [-0.3, -0.25) is 0 Å². The summed E-state index contributed by atoms with van der Waals surface area (Å²) in [7, 11) is 1.42. The van der Waals surface area contributed by atoms with Crippen molar-refractivity contribution in [3.63, 3.8) is 0 Å². The summed E-state index contributed by atoms with van der Waals surface area (Å²) in [5.41, 5.74) is 0.586. The molecule has 0 fully saturated rings. The van der Waals surface area contributed by atoms with Crippen LogP contribution < -0.4 is 4.74 Å². The molecule has 0 aliphatic rings. The van der Waals surface area contributed by atoms with Crippen LogP contribution in [0.25, 0.3) is 0 Å². The lowest BCUT2D eigenvalue weighted by Gasteiger charge is -2.11. The second-order valence-electron chi connectivity index (χ2n) is 3.63. The first-order valence-corrected chi connectivity index (χ1v) is 5.31. The van der Waals surface area contributed by atoms with Crippen LogP contribution in [0.4, 0.5) is 4.39 Å². The van der Waals surface area contributed by atoms with E-state index in [1.165, 1.54) is 19.2 Å². The van der Waals surface area contributed by atoms with E-state index in [1.54, 1.807) is 12.1 Å². The van der Waals surface area contributed by atoms with Gasteiger partial charge in [0, 0.05) is 0 Å². The molecule has 1 aromatic carbocycles. The first kappa shape index (κ1) is 12.7. The molecule has 1 atom stereocenters. The number of hydrogen-bond donors (Lipinski definition) is 1. The fraction of sp³-hybridized carbons (Fsp3) is 0.385. The Hall–Kier alpha value is -1.35. The van der Waals surface area contributed by atoms with Crippen LogP contribution >= 0.6 is 0 Å². The molecule has 0 saturated carbocycles. The summed E-state index contributed by atoms with van der Waals surface area (Å²) in [5.74, 6) is -0.246. The van der Waals surface area contributed by atoms with Gasteiger partial charge in [-0.05, 0) is 37.0 Å². The first-order valence-electron chi connectivity index (χ1n) is 5.31. The molecule has 3 heteroatoms. The lowest BCUT2D eigenvalue weighted by atomic mass is 10.0. The number of rotatable bonds is 6. The Balaban J connectivity index is 2.65. The van der Waals surface area contributed by atoms with Gasteiger partial charge in [0.1, 0.15) is 0 Å². The van der Waals surface area contributed by atoms with Crippen molar-refractivity contribution in [3.8, 4) is 5.75 Å². The van der Waals surface area contributed by atoms with Crippen molar-refractivity contribution in [2.24, 2.45) is 0 Å². The van der Waals surface area contributed by atoms with Crippen molar-refractivity contribution in [1.29, 1.82) is 0 Å². The second kappa shape index (κ2) is 6.28. The van der Waals surface area contributed by atoms with Gasteiger partial charge in [0.15, 0.2) is 11.6 Å². The van der Waals surface area contributed by atoms with Gasteiger partial charge >= 0.3 is 0 Å². The normalized spacial score (nSPS) is 12.2. The molecule has 0 saturated heterocycles. The zero-order chi connectivity index (χ0) is 12.0. The molecule has 0 amide bonds. The third kappa shape index (κ3) is 3.35. The highest BCUT2D eigenvalue weighted by atomic mass is 19.1. The molecule has 0 aliphatic carbocycles. The fourth-order valence-corrected chi connectivity index (χ4v) is 1.51. The van der Waals surface area contributed by atoms with Gasteiger partial charge in [-0.25, -0.2) is 4.39 Å². The number of halogens is 1. The van der Waals surface area contributed by atoms with Gasteiger partial charge in [-0.2, -0.15) is 0 Å².